The fourth-order valence-corrected chi connectivity index (χ4v) is 2.13. The lowest BCUT2D eigenvalue weighted by atomic mass is 10.0. The van der Waals surface area contributed by atoms with Gasteiger partial charge in [-0.3, -0.25) is 4.79 Å². The molecule has 2 aromatic carbocycles. The number of benzene rings is 2. The van der Waals surface area contributed by atoms with Crippen LogP contribution in [0.5, 0.6) is 5.75 Å². The molecule has 0 heterocycles. The van der Waals surface area contributed by atoms with Crippen LogP contribution in [-0.2, 0) is 4.79 Å². The number of carbonyl (C=O) groups is 1. The smallest absolute Gasteiger partial charge is 0.306 e. The second-order valence-corrected chi connectivity index (χ2v) is 4.56. The number of fused-ring (bicyclic) bond motifs is 1. The topological polar surface area (TPSA) is 46.5 Å². The van der Waals surface area contributed by atoms with E-state index in [9.17, 15) is 4.79 Å². The van der Waals surface area contributed by atoms with Crippen molar-refractivity contribution in [3.63, 3.8) is 0 Å². The lowest BCUT2D eigenvalue weighted by Gasteiger charge is -2.12. The average Bonchev–Trinajstić information content (AvgIpc) is 2.43. The number of aliphatic carboxylic acids is 1. The van der Waals surface area contributed by atoms with Crippen molar-refractivity contribution in [3.05, 3.63) is 42.5 Å². The van der Waals surface area contributed by atoms with Crippen molar-refractivity contribution in [3.8, 4) is 5.75 Å². The van der Waals surface area contributed by atoms with Crippen LogP contribution in [0.4, 0.5) is 0 Å². The van der Waals surface area contributed by atoms with Crippen molar-refractivity contribution >= 4 is 16.7 Å². The Hall–Kier alpha value is -2.03. The molecule has 2 rings (SSSR count). The summed E-state index contributed by atoms with van der Waals surface area (Å²) in [5.74, 6) is -0.252. The Balaban J connectivity index is 2.04. The van der Waals surface area contributed by atoms with Crippen LogP contribution in [0.15, 0.2) is 42.5 Å². The summed E-state index contributed by atoms with van der Waals surface area (Å²) in [6.07, 6.45) is 1.17. The molecule has 100 valence electrons. The molecule has 0 aliphatic carbocycles. The molecule has 0 radical (unpaired) electrons. The van der Waals surface area contributed by atoms with Gasteiger partial charge in [0.15, 0.2) is 0 Å². The van der Waals surface area contributed by atoms with Crippen molar-refractivity contribution in [2.75, 3.05) is 6.61 Å². The third-order valence-corrected chi connectivity index (χ3v) is 3.32. The van der Waals surface area contributed by atoms with Crippen LogP contribution in [0.25, 0.3) is 10.8 Å². The molecular weight excluding hydrogens is 240 g/mol. The maximum absolute atomic E-state index is 10.9. The minimum Gasteiger partial charge on any atom is -0.493 e. The Labute approximate surface area is 112 Å². The Morgan fingerprint density at radius 1 is 1.21 bits per heavy atom. The van der Waals surface area contributed by atoms with Gasteiger partial charge in [0, 0.05) is 5.39 Å². The first kappa shape index (κ1) is 13.4. The summed E-state index contributed by atoms with van der Waals surface area (Å²) in [6.45, 7) is 2.31. The van der Waals surface area contributed by atoms with Gasteiger partial charge in [0.2, 0.25) is 0 Å². The summed E-state index contributed by atoms with van der Waals surface area (Å²) in [5.41, 5.74) is 0. The molecule has 0 saturated carbocycles. The molecule has 0 saturated heterocycles. The van der Waals surface area contributed by atoms with E-state index in [1.165, 1.54) is 0 Å². The molecule has 19 heavy (non-hydrogen) atoms. The van der Waals surface area contributed by atoms with Gasteiger partial charge >= 0.3 is 5.97 Å². The Kier molecular flexibility index (Phi) is 4.39. The highest BCUT2D eigenvalue weighted by Crippen LogP contribution is 2.25. The molecule has 0 spiro atoms. The highest BCUT2D eigenvalue weighted by atomic mass is 16.5. The summed E-state index contributed by atoms with van der Waals surface area (Å²) >= 11 is 0. The first-order valence-corrected chi connectivity index (χ1v) is 6.55. The monoisotopic (exact) mass is 258 g/mol. The van der Waals surface area contributed by atoms with Gasteiger partial charge < -0.3 is 9.84 Å². The predicted molar refractivity (Wildman–Crippen MR) is 75.5 cm³/mol. The van der Waals surface area contributed by atoms with Gasteiger partial charge in [0.1, 0.15) is 5.75 Å². The van der Waals surface area contributed by atoms with Gasteiger partial charge in [-0.2, -0.15) is 0 Å². The van der Waals surface area contributed by atoms with Crippen molar-refractivity contribution in [2.24, 2.45) is 5.92 Å². The lowest BCUT2D eigenvalue weighted by molar-refractivity contribution is -0.142. The van der Waals surface area contributed by atoms with Crippen LogP contribution in [0.1, 0.15) is 19.8 Å². The van der Waals surface area contributed by atoms with Gasteiger partial charge in [0.05, 0.1) is 12.5 Å². The summed E-state index contributed by atoms with van der Waals surface area (Å²) in [5, 5.41) is 11.2. The van der Waals surface area contributed by atoms with E-state index in [1.54, 1.807) is 0 Å². The van der Waals surface area contributed by atoms with Crippen molar-refractivity contribution in [2.45, 2.75) is 19.8 Å². The molecule has 0 aliphatic heterocycles. The van der Waals surface area contributed by atoms with E-state index in [0.29, 0.717) is 19.4 Å². The molecule has 1 N–H and O–H groups in total. The Bertz CT molecular complexity index is 557. The summed E-state index contributed by atoms with van der Waals surface area (Å²) in [7, 11) is 0. The molecule has 0 amide bonds. The van der Waals surface area contributed by atoms with Crippen molar-refractivity contribution in [1.82, 2.24) is 0 Å². The van der Waals surface area contributed by atoms with Gasteiger partial charge in [-0.1, -0.05) is 43.3 Å². The highest BCUT2D eigenvalue weighted by molar-refractivity contribution is 5.88. The minimum absolute atomic E-state index is 0.324. The highest BCUT2D eigenvalue weighted by Gasteiger charge is 2.14. The molecule has 3 heteroatoms. The zero-order chi connectivity index (χ0) is 13.7. The van der Waals surface area contributed by atoms with Crippen LogP contribution in [0.2, 0.25) is 0 Å². The van der Waals surface area contributed by atoms with E-state index in [2.05, 4.69) is 0 Å². The quantitative estimate of drug-likeness (QED) is 0.859. The third-order valence-electron chi connectivity index (χ3n) is 3.32. The third kappa shape index (κ3) is 3.25. The summed E-state index contributed by atoms with van der Waals surface area (Å²) in [6, 6.07) is 13.9. The van der Waals surface area contributed by atoms with Crippen LogP contribution < -0.4 is 4.74 Å². The lowest BCUT2D eigenvalue weighted by Crippen LogP contribution is -2.15. The summed E-state index contributed by atoms with van der Waals surface area (Å²) in [4.78, 5) is 10.9. The second-order valence-electron chi connectivity index (χ2n) is 4.56. The van der Waals surface area contributed by atoms with Crippen LogP contribution >= 0.6 is 0 Å². The molecule has 0 aromatic heterocycles. The first-order valence-electron chi connectivity index (χ1n) is 6.55. The van der Waals surface area contributed by atoms with E-state index in [4.69, 9.17) is 9.84 Å². The van der Waals surface area contributed by atoms with E-state index in [1.807, 2.05) is 49.4 Å². The number of hydrogen-bond donors (Lipinski definition) is 1. The van der Waals surface area contributed by atoms with Crippen LogP contribution in [-0.4, -0.2) is 17.7 Å². The number of carboxylic acids is 1. The Morgan fingerprint density at radius 3 is 2.68 bits per heavy atom. The van der Waals surface area contributed by atoms with Gasteiger partial charge in [-0.15, -0.1) is 0 Å². The number of hydrogen-bond acceptors (Lipinski definition) is 2. The maximum Gasteiger partial charge on any atom is 0.306 e. The predicted octanol–water partition coefficient (Wildman–Crippen LogP) is 3.72. The van der Waals surface area contributed by atoms with E-state index in [-0.39, 0.29) is 5.92 Å². The number of ether oxygens (including phenoxy) is 1. The van der Waals surface area contributed by atoms with Crippen LogP contribution in [0, 0.1) is 5.92 Å². The van der Waals surface area contributed by atoms with Gasteiger partial charge in [0.25, 0.3) is 0 Å². The van der Waals surface area contributed by atoms with E-state index in [0.717, 1.165) is 16.5 Å². The molecule has 0 aliphatic rings. The summed E-state index contributed by atoms with van der Waals surface area (Å²) < 4.78 is 5.74. The molecule has 0 bridgehead atoms. The van der Waals surface area contributed by atoms with Gasteiger partial charge in [-0.05, 0) is 24.3 Å². The van der Waals surface area contributed by atoms with Crippen molar-refractivity contribution in [1.29, 1.82) is 0 Å². The maximum atomic E-state index is 10.9. The normalized spacial score (nSPS) is 12.3. The Morgan fingerprint density at radius 2 is 1.95 bits per heavy atom. The largest absolute Gasteiger partial charge is 0.493 e. The number of carboxylic acid groups (broad SMARTS) is 1. The van der Waals surface area contributed by atoms with Gasteiger partial charge in [-0.25, -0.2) is 0 Å². The molecule has 1 unspecified atom stereocenters. The number of rotatable bonds is 6. The average molecular weight is 258 g/mol. The standard InChI is InChI=1S/C16H18O3/c1-2-12(16(17)18)10-11-19-15-9-5-7-13-6-3-4-8-14(13)15/h3-9,12H,2,10-11H2,1H3,(H,17,18). The fraction of sp³-hybridized carbons (Fsp3) is 0.312. The van der Waals surface area contributed by atoms with E-state index >= 15 is 0 Å². The van der Waals surface area contributed by atoms with Crippen LogP contribution in [0.3, 0.4) is 0 Å². The SMILES string of the molecule is CCC(CCOc1cccc2ccccc12)C(=O)O. The fourth-order valence-electron chi connectivity index (χ4n) is 2.13. The second kappa shape index (κ2) is 6.23. The zero-order valence-corrected chi connectivity index (χ0v) is 11.0. The minimum atomic E-state index is -0.746. The molecule has 3 nitrogen and oxygen atoms in total. The molecular formula is C16H18O3. The van der Waals surface area contributed by atoms with Crippen molar-refractivity contribution < 1.29 is 14.6 Å². The molecule has 0 fully saturated rings. The molecule has 2 aromatic rings. The molecule has 1 atom stereocenters. The first-order chi connectivity index (χ1) is 9.22. The zero-order valence-electron chi connectivity index (χ0n) is 11.0. The van der Waals surface area contributed by atoms with E-state index < -0.39 is 5.97 Å².